The van der Waals surface area contributed by atoms with Crippen LogP contribution >= 0.6 is 22.9 Å². The third kappa shape index (κ3) is 5.18. The van der Waals surface area contributed by atoms with E-state index in [0.29, 0.717) is 16.5 Å². The van der Waals surface area contributed by atoms with Crippen LogP contribution in [0.25, 0.3) is 21.6 Å². The Labute approximate surface area is 196 Å². The van der Waals surface area contributed by atoms with Crippen LogP contribution in [-0.2, 0) is 6.42 Å². The van der Waals surface area contributed by atoms with E-state index in [1.165, 1.54) is 4.90 Å². The minimum absolute atomic E-state index is 0.0593. The molecule has 1 aliphatic heterocycles. The van der Waals surface area contributed by atoms with Crippen LogP contribution in [0.3, 0.4) is 0 Å². The number of nitrogens with zero attached hydrogens (tertiary/aromatic N) is 2. The van der Waals surface area contributed by atoms with Crippen LogP contribution in [0, 0.1) is 5.92 Å². The predicted octanol–water partition coefficient (Wildman–Crippen LogP) is 7.20. The molecule has 0 spiro atoms. The van der Waals surface area contributed by atoms with Crippen molar-refractivity contribution in [2.24, 2.45) is 5.92 Å². The van der Waals surface area contributed by atoms with Gasteiger partial charge in [-0.1, -0.05) is 31.5 Å². The number of alkyl halides is 2. The minimum atomic E-state index is -2.68. The maximum atomic E-state index is 13.4. The van der Waals surface area contributed by atoms with Crippen molar-refractivity contribution in [3.05, 3.63) is 64.3 Å². The summed E-state index contributed by atoms with van der Waals surface area (Å²) in [5.74, 6) is -2.40. The minimum Gasteiger partial charge on any atom is -0.338 e. The lowest BCUT2D eigenvalue weighted by atomic mass is 10.0. The molecule has 168 valence electrons. The Balaban J connectivity index is 1.52. The fourth-order valence-corrected chi connectivity index (χ4v) is 5.09. The topological polar surface area (TPSA) is 33.2 Å². The molecule has 0 N–H and O–H groups in total. The highest BCUT2D eigenvalue weighted by Gasteiger charge is 2.35. The summed E-state index contributed by atoms with van der Waals surface area (Å²) in [5.41, 5.74) is 4.44. The first-order chi connectivity index (χ1) is 15.2. The summed E-state index contributed by atoms with van der Waals surface area (Å²) in [7, 11) is 0. The lowest BCUT2D eigenvalue weighted by Crippen LogP contribution is -2.42. The molecule has 0 bridgehead atoms. The molecular weight excluding hydrogens is 450 g/mol. The smallest absolute Gasteiger partial charge is 0.253 e. The van der Waals surface area contributed by atoms with Gasteiger partial charge in [0.05, 0.1) is 0 Å². The van der Waals surface area contributed by atoms with Crippen molar-refractivity contribution in [2.45, 2.75) is 39.0 Å². The summed E-state index contributed by atoms with van der Waals surface area (Å²) in [6, 6.07) is 11.4. The van der Waals surface area contributed by atoms with Crippen molar-refractivity contribution < 1.29 is 13.6 Å². The molecule has 2 aromatic heterocycles. The first kappa shape index (κ1) is 22.9. The van der Waals surface area contributed by atoms with E-state index >= 15 is 0 Å². The summed E-state index contributed by atoms with van der Waals surface area (Å²) in [5, 5.41) is 2.52. The van der Waals surface area contributed by atoms with Crippen molar-refractivity contribution in [2.75, 3.05) is 13.1 Å². The van der Waals surface area contributed by atoms with Gasteiger partial charge in [-0.15, -0.1) is 11.3 Å². The lowest BCUT2D eigenvalue weighted by molar-refractivity contribution is -0.0494. The summed E-state index contributed by atoms with van der Waals surface area (Å²) in [4.78, 5) is 19.8. The van der Waals surface area contributed by atoms with E-state index in [2.05, 4.69) is 31.0 Å². The average molecular weight is 475 g/mol. The van der Waals surface area contributed by atoms with Crippen LogP contribution in [0.15, 0.2) is 48.0 Å². The maximum Gasteiger partial charge on any atom is 0.253 e. The van der Waals surface area contributed by atoms with E-state index in [0.717, 1.165) is 33.7 Å². The van der Waals surface area contributed by atoms with E-state index in [1.54, 1.807) is 23.5 Å². The van der Waals surface area contributed by atoms with Crippen LogP contribution in [-0.4, -0.2) is 34.8 Å². The summed E-state index contributed by atoms with van der Waals surface area (Å²) >= 11 is 8.17. The molecule has 1 aliphatic rings. The number of rotatable bonds is 5. The van der Waals surface area contributed by atoms with E-state index in [-0.39, 0.29) is 31.8 Å². The van der Waals surface area contributed by atoms with Crippen LogP contribution < -0.4 is 0 Å². The molecule has 0 atom stereocenters. The molecule has 1 amide bonds. The van der Waals surface area contributed by atoms with Gasteiger partial charge in [0.25, 0.3) is 11.8 Å². The molecule has 1 saturated heterocycles. The zero-order valence-corrected chi connectivity index (χ0v) is 19.6. The first-order valence-electron chi connectivity index (χ1n) is 10.7. The van der Waals surface area contributed by atoms with Gasteiger partial charge in [-0.2, -0.15) is 0 Å². The largest absolute Gasteiger partial charge is 0.338 e. The molecule has 4 rings (SSSR count). The SMILES string of the molecule is CC(C)Cc1cc(-c2cc(-c3ccc(C(=O)N4CCC(F)(F)CC4)cc3Cl)cs2)ccn1. The van der Waals surface area contributed by atoms with Crippen molar-refractivity contribution in [1.82, 2.24) is 9.88 Å². The highest BCUT2D eigenvalue weighted by atomic mass is 35.5. The molecule has 1 fully saturated rings. The van der Waals surface area contributed by atoms with Gasteiger partial charge in [0.2, 0.25) is 0 Å². The molecular formula is C25H25ClF2N2OS. The van der Waals surface area contributed by atoms with Crippen LogP contribution in [0.4, 0.5) is 8.78 Å². The Morgan fingerprint density at radius 1 is 1.16 bits per heavy atom. The molecule has 0 saturated carbocycles. The number of aromatic nitrogens is 1. The number of likely N-dealkylation sites (tertiary alicyclic amines) is 1. The predicted molar refractivity (Wildman–Crippen MR) is 127 cm³/mol. The molecule has 0 unspecified atom stereocenters. The Morgan fingerprint density at radius 2 is 1.91 bits per heavy atom. The number of benzene rings is 1. The molecule has 7 heteroatoms. The second kappa shape index (κ2) is 9.28. The Morgan fingerprint density at radius 3 is 2.59 bits per heavy atom. The normalized spacial score (nSPS) is 15.9. The number of thiophene rings is 1. The maximum absolute atomic E-state index is 13.4. The zero-order chi connectivity index (χ0) is 22.9. The van der Waals surface area contributed by atoms with E-state index in [4.69, 9.17) is 11.6 Å². The van der Waals surface area contributed by atoms with E-state index in [1.807, 2.05) is 23.7 Å². The van der Waals surface area contributed by atoms with Gasteiger partial charge in [0.1, 0.15) is 0 Å². The number of carbonyl (C=O) groups is 1. The monoisotopic (exact) mass is 474 g/mol. The molecule has 3 aromatic rings. The fourth-order valence-electron chi connectivity index (χ4n) is 3.89. The molecule has 3 nitrogen and oxygen atoms in total. The third-order valence-electron chi connectivity index (χ3n) is 5.63. The molecule has 3 heterocycles. The number of halogens is 3. The van der Waals surface area contributed by atoms with Crippen molar-refractivity contribution in [1.29, 1.82) is 0 Å². The van der Waals surface area contributed by atoms with Gasteiger partial charge < -0.3 is 4.90 Å². The van der Waals surface area contributed by atoms with Gasteiger partial charge in [-0.3, -0.25) is 9.78 Å². The quantitative estimate of drug-likeness (QED) is 0.391. The van der Waals surface area contributed by atoms with Gasteiger partial charge in [0.15, 0.2) is 0 Å². The van der Waals surface area contributed by atoms with Gasteiger partial charge in [0, 0.05) is 58.8 Å². The standard InChI is InChI=1S/C25H25ClF2N2OS/c1-16(2)11-20-12-17(5-8-29-20)23-14-19(15-32-23)21-4-3-18(13-22(21)26)24(31)30-9-6-25(27,28)7-10-30/h3-5,8,12-16H,6-7,9-11H2,1-2H3. The fraction of sp³-hybridized carbons (Fsp3) is 0.360. The average Bonchev–Trinajstić information content (AvgIpc) is 3.23. The van der Waals surface area contributed by atoms with E-state index in [9.17, 15) is 13.6 Å². The number of carbonyl (C=O) groups excluding carboxylic acids is 1. The summed E-state index contributed by atoms with van der Waals surface area (Å²) < 4.78 is 26.8. The Kier molecular flexibility index (Phi) is 6.63. The second-order valence-corrected chi connectivity index (χ2v) is 9.99. The number of amides is 1. The Bertz CT molecular complexity index is 1120. The third-order valence-corrected chi connectivity index (χ3v) is 6.92. The molecule has 32 heavy (non-hydrogen) atoms. The number of piperidine rings is 1. The summed E-state index contributed by atoms with van der Waals surface area (Å²) in [6.45, 7) is 4.47. The zero-order valence-electron chi connectivity index (χ0n) is 18.1. The van der Waals surface area contributed by atoms with Crippen molar-refractivity contribution in [3.63, 3.8) is 0 Å². The molecule has 0 radical (unpaired) electrons. The lowest BCUT2D eigenvalue weighted by Gasteiger charge is -2.31. The first-order valence-corrected chi connectivity index (χ1v) is 12.0. The van der Waals surface area contributed by atoms with Gasteiger partial charge in [-0.05, 0) is 59.2 Å². The van der Waals surface area contributed by atoms with E-state index < -0.39 is 5.92 Å². The Hall–Kier alpha value is -2.31. The number of hydrogen-bond donors (Lipinski definition) is 0. The van der Waals surface area contributed by atoms with Crippen LogP contribution in [0.5, 0.6) is 0 Å². The van der Waals surface area contributed by atoms with Gasteiger partial charge in [-0.25, -0.2) is 8.78 Å². The van der Waals surface area contributed by atoms with Crippen LogP contribution in [0.1, 0.15) is 42.7 Å². The number of hydrogen-bond acceptors (Lipinski definition) is 3. The van der Waals surface area contributed by atoms with Crippen LogP contribution in [0.2, 0.25) is 5.02 Å². The molecule has 1 aromatic carbocycles. The number of pyridine rings is 1. The molecule has 0 aliphatic carbocycles. The van der Waals surface area contributed by atoms with Gasteiger partial charge >= 0.3 is 0 Å². The summed E-state index contributed by atoms with van der Waals surface area (Å²) in [6.07, 6.45) is 2.19. The van der Waals surface area contributed by atoms with Crippen molar-refractivity contribution in [3.8, 4) is 21.6 Å². The van der Waals surface area contributed by atoms with Crippen molar-refractivity contribution >= 4 is 28.8 Å². The highest BCUT2D eigenvalue weighted by molar-refractivity contribution is 7.14. The highest BCUT2D eigenvalue weighted by Crippen LogP contribution is 2.37. The second-order valence-electron chi connectivity index (χ2n) is 8.68.